The second kappa shape index (κ2) is 7.10. The molecule has 2 amide bonds. The van der Waals surface area contributed by atoms with Crippen molar-refractivity contribution in [3.8, 4) is 11.5 Å². The molecule has 7 heteroatoms. The highest BCUT2D eigenvalue weighted by Gasteiger charge is 2.07. The van der Waals surface area contributed by atoms with Crippen LogP contribution in [0.15, 0.2) is 18.2 Å². The minimum atomic E-state index is -0.529. The van der Waals surface area contributed by atoms with Crippen LogP contribution in [-0.2, 0) is 9.53 Å². The van der Waals surface area contributed by atoms with Gasteiger partial charge >= 0.3 is 12.0 Å². The second-order valence-electron chi connectivity index (χ2n) is 3.49. The lowest BCUT2D eigenvalue weighted by molar-refractivity contribution is -0.139. The molecule has 0 spiro atoms. The Morgan fingerprint density at radius 1 is 1.05 bits per heavy atom. The van der Waals surface area contributed by atoms with Gasteiger partial charge in [-0.25, -0.2) is 4.79 Å². The summed E-state index contributed by atoms with van der Waals surface area (Å²) in [6.07, 6.45) is 0. The van der Waals surface area contributed by atoms with Crippen LogP contribution in [0.1, 0.15) is 0 Å². The predicted molar refractivity (Wildman–Crippen MR) is 68.6 cm³/mol. The van der Waals surface area contributed by atoms with Crippen molar-refractivity contribution in [2.75, 3.05) is 33.2 Å². The van der Waals surface area contributed by atoms with Gasteiger partial charge in [-0.05, 0) is 0 Å². The monoisotopic (exact) mass is 268 g/mol. The Kier molecular flexibility index (Phi) is 5.46. The van der Waals surface area contributed by atoms with E-state index in [-0.39, 0.29) is 6.54 Å². The number of carbonyl (C=O) groups is 2. The normalized spacial score (nSPS) is 9.42. The fourth-order valence-corrected chi connectivity index (χ4v) is 1.28. The molecule has 1 rings (SSSR count). The Balaban J connectivity index is 2.65. The Morgan fingerprint density at radius 3 is 2.11 bits per heavy atom. The van der Waals surface area contributed by atoms with Crippen molar-refractivity contribution >= 4 is 17.7 Å². The van der Waals surface area contributed by atoms with E-state index in [1.807, 2.05) is 0 Å². The van der Waals surface area contributed by atoms with Crippen molar-refractivity contribution in [1.82, 2.24) is 5.32 Å². The fraction of sp³-hybridized carbons (Fsp3) is 0.333. The lowest BCUT2D eigenvalue weighted by Crippen LogP contribution is -2.33. The van der Waals surface area contributed by atoms with Gasteiger partial charge in [0.1, 0.15) is 18.0 Å². The molecule has 0 aliphatic carbocycles. The molecule has 0 atom stereocenters. The number of carbonyl (C=O) groups excluding carboxylic acids is 2. The molecular formula is C12H16N2O5. The third kappa shape index (κ3) is 4.74. The van der Waals surface area contributed by atoms with Crippen LogP contribution in [0, 0.1) is 0 Å². The zero-order chi connectivity index (χ0) is 14.3. The molecule has 0 saturated heterocycles. The molecule has 1 aromatic rings. The Labute approximate surface area is 110 Å². The molecule has 0 unspecified atom stereocenters. The van der Waals surface area contributed by atoms with Crippen LogP contribution in [0.5, 0.6) is 11.5 Å². The highest BCUT2D eigenvalue weighted by molar-refractivity contribution is 5.91. The number of benzene rings is 1. The predicted octanol–water partition coefficient (Wildman–Crippen LogP) is 0.998. The zero-order valence-corrected chi connectivity index (χ0v) is 11.0. The summed E-state index contributed by atoms with van der Waals surface area (Å²) in [6.45, 7) is -0.205. The summed E-state index contributed by atoms with van der Waals surface area (Å²) >= 11 is 0. The van der Waals surface area contributed by atoms with Crippen LogP contribution in [0.25, 0.3) is 0 Å². The number of nitrogens with one attached hydrogen (secondary N) is 2. The SMILES string of the molecule is COC(=O)CNC(=O)Nc1cc(OC)cc(OC)c1. The molecule has 104 valence electrons. The number of rotatable bonds is 5. The maximum atomic E-state index is 11.5. The van der Waals surface area contributed by atoms with Crippen molar-refractivity contribution < 1.29 is 23.8 Å². The first-order valence-corrected chi connectivity index (χ1v) is 5.43. The molecule has 0 bridgehead atoms. The van der Waals surface area contributed by atoms with E-state index in [0.29, 0.717) is 17.2 Å². The lowest BCUT2D eigenvalue weighted by Gasteiger charge is -2.10. The summed E-state index contributed by atoms with van der Waals surface area (Å²) < 4.78 is 14.5. The maximum absolute atomic E-state index is 11.5. The number of hydrogen-bond donors (Lipinski definition) is 2. The number of amides is 2. The first-order chi connectivity index (χ1) is 9.08. The average Bonchev–Trinajstić information content (AvgIpc) is 2.44. The van der Waals surface area contributed by atoms with Gasteiger partial charge in [0.15, 0.2) is 0 Å². The molecule has 2 N–H and O–H groups in total. The topological polar surface area (TPSA) is 85.9 Å². The van der Waals surface area contributed by atoms with E-state index in [1.54, 1.807) is 18.2 Å². The van der Waals surface area contributed by atoms with E-state index in [9.17, 15) is 9.59 Å². The van der Waals surface area contributed by atoms with E-state index in [0.717, 1.165) is 0 Å². The van der Waals surface area contributed by atoms with Crippen LogP contribution in [0.4, 0.5) is 10.5 Å². The van der Waals surface area contributed by atoms with Gasteiger partial charge in [0.2, 0.25) is 0 Å². The number of anilines is 1. The summed E-state index contributed by atoms with van der Waals surface area (Å²) in [7, 11) is 4.26. The van der Waals surface area contributed by atoms with Gasteiger partial charge in [0.25, 0.3) is 0 Å². The van der Waals surface area contributed by atoms with E-state index in [1.165, 1.54) is 21.3 Å². The minimum absolute atomic E-state index is 0.205. The molecule has 1 aromatic carbocycles. The molecule has 19 heavy (non-hydrogen) atoms. The number of ether oxygens (including phenoxy) is 3. The number of hydrogen-bond acceptors (Lipinski definition) is 5. The van der Waals surface area contributed by atoms with E-state index < -0.39 is 12.0 Å². The molecule has 0 aliphatic heterocycles. The van der Waals surface area contributed by atoms with E-state index in [2.05, 4.69) is 15.4 Å². The number of urea groups is 1. The fourth-order valence-electron chi connectivity index (χ4n) is 1.28. The molecule has 0 heterocycles. The van der Waals surface area contributed by atoms with Crippen LogP contribution in [0.3, 0.4) is 0 Å². The molecule has 0 aromatic heterocycles. The van der Waals surface area contributed by atoms with Gasteiger partial charge in [0.05, 0.1) is 21.3 Å². The van der Waals surface area contributed by atoms with Gasteiger partial charge in [0, 0.05) is 23.9 Å². The van der Waals surface area contributed by atoms with Gasteiger partial charge in [-0.15, -0.1) is 0 Å². The first-order valence-electron chi connectivity index (χ1n) is 5.43. The largest absolute Gasteiger partial charge is 0.497 e. The van der Waals surface area contributed by atoms with Crippen molar-refractivity contribution in [1.29, 1.82) is 0 Å². The molecule has 7 nitrogen and oxygen atoms in total. The molecular weight excluding hydrogens is 252 g/mol. The van der Waals surface area contributed by atoms with Crippen molar-refractivity contribution in [2.24, 2.45) is 0 Å². The van der Waals surface area contributed by atoms with Crippen LogP contribution in [0.2, 0.25) is 0 Å². The summed E-state index contributed by atoms with van der Waals surface area (Å²) in [6, 6.07) is 4.40. The van der Waals surface area contributed by atoms with Gasteiger partial charge in [-0.1, -0.05) is 0 Å². The highest BCUT2D eigenvalue weighted by Crippen LogP contribution is 2.25. The summed E-state index contributed by atoms with van der Waals surface area (Å²) in [5.41, 5.74) is 0.485. The molecule has 0 saturated carbocycles. The molecule has 0 aliphatic rings. The minimum Gasteiger partial charge on any atom is -0.497 e. The smallest absolute Gasteiger partial charge is 0.325 e. The quantitative estimate of drug-likeness (QED) is 0.778. The first kappa shape index (κ1) is 14.6. The Bertz CT molecular complexity index is 439. The van der Waals surface area contributed by atoms with Crippen LogP contribution >= 0.6 is 0 Å². The van der Waals surface area contributed by atoms with Crippen LogP contribution in [-0.4, -0.2) is 39.9 Å². The van der Waals surface area contributed by atoms with E-state index in [4.69, 9.17) is 9.47 Å². The Morgan fingerprint density at radius 2 is 1.63 bits per heavy atom. The molecule has 0 radical (unpaired) electrons. The third-order valence-electron chi connectivity index (χ3n) is 2.23. The third-order valence-corrected chi connectivity index (χ3v) is 2.23. The van der Waals surface area contributed by atoms with Crippen molar-refractivity contribution in [3.63, 3.8) is 0 Å². The van der Waals surface area contributed by atoms with E-state index >= 15 is 0 Å². The standard InChI is InChI=1S/C12H16N2O5/c1-17-9-4-8(5-10(6-9)18-2)14-12(16)13-7-11(15)19-3/h4-6H,7H2,1-3H3,(H2,13,14,16). The number of methoxy groups -OCH3 is 3. The van der Waals surface area contributed by atoms with Crippen molar-refractivity contribution in [3.05, 3.63) is 18.2 Å². The Hall–Kier alpha value is -2.44. The average molecular weight is 268 g/mol. The highest BCUT2D eigenvalue weighted by atomic mass is 16.5. The summed E-state index contributed by atoms with van der Waals surface area (Å²) in [5.74, 6) is 0.559. The second-order valence-corrected chi connectivity index (χ2v) is 3.49. The number of esters is 1. The summed E-state index contributed by atoms with van der Waals surface area (Å²) in [4.78, 5) is 22.4. The van der Waals surface area contributed by atoms with Gasteiger partial charge in [-0.3, -0.25) is 4.79 Å². The molecule has 0 fully saturated rings. The summed E-state index contributed by atoms with van der Waals surface area (Å²) in [5, 5.41) is 4.90. The van der Waals surface area contributed by atoms with Crippen LogP contribution < -0.4 is 20.1 Å². The van der Waals surface area contributed by atoms with Gasteiger partial charge < -0.3 is 24.8 Å². The lowest BCUT2D eigenvalue weighted by atomic mass is 10.3. The van der Waals surface area contributed by atoms with Crippen molar-refractivity contribution in [2.45, 2.75) is 0 Å². The maximum Gasteiger partial charge on any atom is 0.325 e. The zero-order valence-electron chi connectivity index (χ0n) is 11.0. The van der Waals surface area contributed by atoms with Gasteiger partial charge in [-0.2, -0.15) is 0 Å².